The average Bonchev–Trinajstić information content (AvgIpc) is 2.90. The fourth-order valence-corrected chi connectivity index (χ4v) is 2.01. The Morgan fingerprint density at radius 2 is 2.12 bits per heavy atom. The van der Waals surface area contributed by atoms with E-state index in [4.69, 9.17) is 4.74 Å². The lowest BCUT2D eigenvalue weighted by Crippen LogP contribution is -2.33. The van der Waals surface area contributed by atoms with E-state index in [0.717, 1.165) is 36.8 Å². The van der Waals surface area contributed by atoms with Crippen LogP contribution >= 0.6 is 0 Å². The van der Waals surface area contributed by atoms with E-state index in [0.29, 0.717) is 0 Å². The number of aromatic nitrogens is 2. The zero-order valence-electron chi connectivity index (χ0n) is 9.52. The molecule has 2 aromatic rings. The molecule has 2 N–H and O–H groups in total. The molecule has 88 valence electrons. The Kier molecular flexibility index (Phi) is 2.90. The fraction of sp³-hybridized carbons (Fsp3) is 0.308. The van der Waals surface area contributed by atoms with Crippen molar-refractivity contribution >= 4 is 0 Å². The maximum Gasteiger partial charge on any atom is 0.137 e. The molecule has 4 nitrogen and oxygen atoms in total. The van der Waals surface area contributed by atoms with Crippen molar-refractivity contribution in [3.8, 4) is 11.4 Å². The van der Waals surface area contributed by atoms with Gasteiger partial charge in [0.05, 0.1) is 18.5 Å². The van der Waals surface area contributed by atoms with Gasteiger partial charge in [-0.05, 0) is 0 Å². The van der Waals surface area contributed by atoms with Crippen LogP contribution in [0, 0.1) is 0 Å². The average molecular weight is 229 g/mol. The molecule has 0 spiro atoms. The molecule has 1 aromatic heterocycles. The molecule has 1 aliphatic rings. The summed E-state index contributed by atoms with van der Waals surface area (Å²) < 4.78 is 5.68. The summed E-state index contributed by atoms with van der Waals surface area (Å²) >= 11 is 0. The molecule has 1 fully saturated rings. The number of rotatable bonds is 2. The predicted molar refractivity (Wildman–Crippen MR) is 65.6 cm³/mol. The second-order valence-electron chi connectivity index (χ2n) is 4.12. The summed E-state index contributed by atoms with van der Waals surface area (Å²) in [4.78, 5) is 7.72. The van der Waals surface area contributed by atoms with Crippen molar-refractivity contribution < 1.29 is 4.74 Å². The second-order valence-corrected chi connectivity index (χ2v) is 4.12. The minimum atomic E-state index is 0.0914. The molecular weight excluding hydrogens is 214 g/mol. The molecule has 4 heteroatoms. The monoisotopic (exact) mass is 229 g/mol. The summed E-state index contributed by atoms with van der Waals surface area (Å²) in [6.45, 7) is 2.52. The van der Waals surface area contributed by atoms with Crippen LogP contribution in [0.25, 0.3) is 11.4 Å². The van der Waals surface area contributed by atoms with Crippen LogP contribution in [0.2, 0.25) is 0 Å². The normalized spacial score (nSPS) is 20.4. The highest BCUT2D eigenvalue weighted by atomic mass is 16.5. The van der Waals surface area contributed by atoms with E-state index >= 15 is 0 Å². The number of imidazole rings is 1. The van der Waals surface area contributed by atoms with E-state index in [-0.39, 0.29) is 6.10 Å². The Balaban J connectivity index is 1.83. The van der Waals surface area contributed by atoms with Gasteiger partial charge in [-0.15, -0.1) is 0 Å². The van der Waals surface area contributed by atoms with Gasteiger partial charge in [-0.2, -0.15) is 0 Å². The van der Waals surface area contributed by atoms with E-state index in [9.17, 15) is 0 Å². The van der Waals surface area contributed by atoms with Crippen LogP contribution in [0.1, 0.15) is 11.8 Å². The maximum atomic E-state index is 5.68. The molecule has 0 amide bonds. The topological polar surface area (TPSA) is 49.9 Å². The van der Waals surface area contributed by atoms with E-state index in [1.54, 1.807) is 0 Å². The first kappa shape index (κ1) is 10.5. The Bertz CT molecular complexity index is 474. The van der Waals surface area contributed by atoms with Crippen molar-refractivity contribution in [2.75, 3.05) is 19.7 Å². The van der Waals surface area contributed by atoms with E-state index < -0.39 is 0 Å². The number of benzene rings is 1. The van der Waals surface area contributed by atoms with Crippen LogP contribution in [0.3, 0.4) is 0 Å². The Labute approximate surface area is 100 Å². The number of hydrogen-bond acceptors (Lipinski definition) is 3. The largest absolute Gasteiger partial charge is 0.369 e. The molecule has 1 unspecified atom stereocenters. The molecule has 2 heterocycles. The molecule has 1 saturated heterocycles. The lowest BCUT2D eigenvalue weighted by molar-refractivity contribution is 0.0253. The summed E-state index contributed by atoms with van der Waals surface area (Å²) in [6.07, 6.45) is 1.95. The van der Waals surface area contributed by atoms with Gasteiger partial charge in [-0.25, -0.2) is 4.98 Å². The molecule has 0 bridgehead atoms. The van der Waals surface area contributed by atoms with Crippen molar-refractivity contribution in [1.82, 2.24) is 15.3 Å². The number of morpholine rings is 1. The molecule has 1 atom stereocenters. The van der Waals surface area contributed by atoms with Gasteiger partial charge in [0.1, 0.15) is 11.9 Å². The van der Waals surface area contributed by atoms with E-state index in [1.807, 2.05) is 36.5 Å². The highest BCUT2D eigenvalue weighted by Crippen LogP contribution is 2.21. The Hall–Kier alpha value is -1.65. The van der Waals surface area contributed by atoms with Crippen LogP contribution in [0.5, 0.6) is 0 Å². The fourth-order valence-electron chi connectivity index (χ4n) is 2.01. The number of ether oxygens (including phenoxy) is 1. The zero-order chi connectivity index (χ0) is 11.5. The number of nitrogens with one attached hydrogen (secondary N) is 2. The Morgan fingerprint density at radius 3 is 2.88 bits per heavy atom. The van der Waals surface area contributed by atoms with Crippen LogP contribution in [0.15, 0.2) is 36.5 Å². The first-order valence-electron chi connectivity index (χ1n) is 5.86. The summed E-state index contributed by atoms with van der Waals surface area (Å²) in [5.74, 6) is 0.898. The minimum Gasteiger partial charge on any atom is -0.369 e. The lowest BCUT2D eigenvalue weighted by Gasteiger charge is -2.22. The first-order valence-corrected chi connectivity index (χ1v) is 5.86. The summed E-state index contributed by atoms with van der Waals surface area (Å²) in [5, 5.41) is 3.31. The number of nitrogens with zero attached hydrogens (tertiary/aromatic N) is 1. The lowest BCUT2D eigenvalue weighted by atomic mass is 10.2. The third-order valence-electron chi connectivity index (χ3n) is 2.92. The predicted octanol–water partition coefficient (Wildman–Crippen LogP) is 1.74. The summed E-state index contributed by atoms with van der Waals surface area (Å²) in [6, 6.07) is 10.1. The van der Waals surface area contributed by atoms with Gasteiger partial charge in [0, 0.05) is 18.7 Å². The second kappa shape index (κ2) is 4.69. The molecule has 0 aliphatic carbocycles. The van der Waals surface area contributed by atoms with Gasteiger partial charge < -0.3 is 15.0 Å². The highest BCUT2D eigenvalue weighted by Gasteiger charge is 2.17. The van der Waals surface area contributed by atoms with Crippen LogP contribution < -0.4 is 5.32 Å². The summed E-state index contributed by atoms with van der Waals surface area (Å²) in [5.41, 5.74) is 2.14. The smallest absolute Gasteiger partial charge is 0.137 e. The maximum absolute atomic E-state index is 5.68. The quantitative estimate of drug-likeness (QED) is 0.824. The highest BCUT2D eigenvalue weighted by molar-refractivity contribution is 5.54. The van der Waals surface area contributed by atoms with Crippen LogP contribution in [0.4, 0.5) is 0 Å². The minimum absolute atomic E-state index is 0.0914. The Morgan fingerprint density at radius 1 is 1.24 bits per heavy atom. The van der Waals surface area contributed by atoms with Gasteiger partial charge in [0.25, 0.3) is 0 Å². The SMILES string of the molecule is c1ccc(-c2ncc(C3CNCCO3)[nH]2)cc1. The van der Waals surface area contributed by atoms with E-state index in [1.165, 1.54) is 0 Å². The number of aromatic amines is 1. The number of H-pyrrole nitrogens is 1. The molecular formula is C13H15N3O. The van der Waals surface area contributed by atoms with Crippen LogP contribution in [-0.2, 0) is 4.74 Å². The van der Waals surface area contributed by atoms with Gasteiger partial charge in [0.2, 0.25) is 0 Å². The molecule has 0 saturated carbocycles. The third-order valence-corrected chi connectivity index (χ3v) is 2.92. The van der Waals surface area contributed by atoms with Gasteiger partial charge in [-0.1, -0.05) is 30.3 Å². The molecule has 17 heavy (non-hydrogen) atoms. The van der Waals surface area contributed by atoms with Gasteiger partial charge in [-0.3, -0.25) is 0 Å². The standard InChI is InChI=1S/C13H15N3O/c1-2-4-10(5-3-1)13-15-8-11(16-13)12-9-14-6-7-17-12/h1-5,8,12,14H,6-7,9H2,(H,15,16). The van der Waals surface area contributed by atoms with Crippen molar-refractivity contribution in [1.29, 1.82) is 0 Å². The van der Waals surface area contributed by atoms with Gasteiger partial charge >= 0.3 is 0 Å². The molecule has 3 rings (SSSR count). The van der Waals surface area contributed by atoms with Crippen LogP contribution in [-0.4, -0.2) is 29.7 Å². The van der Waals surface area contributed by atoms with E-state index in [2.05, 4.69) is 15.3 Å². The van der Waals surface area contributed by atoms with Crippen molar-refractivity contribution in [2.45, 2.75) is 6.10 Å². The van der Waals surface area contributed by atoms with Gasteiger partial charge in [0.15, 0.2) is 0 Å². The summed E-state index contributed by atoms with van der Waals surface area (Å²) in [7, 11) is 0. The third kappa shape index (κ3) is 2.23. The molecule has 0 radical (unpaired) electrons. The molecule has 1 aromatic carbocycles. The van der Waals surface area contributed by atoms with Crippen molar-refractivity contribution in [3.05, 3.63) is 42.2 Å². The van der Waals surface area contributed by atoms with Crippen molar-refractivity contribution in [2.24, 2.45) is 0 Å². The van der Waals surface area contributed by atoms with Crippen molar-refractivity contribution in [3.63, 3.8) is 0 Å². The number of hydrogen-bond donors (Lipinski definition) is 2. The molecule has 1 aliphatic heterocycles. The zero-order valence-corrected chi connectivity index (χ0v) is 9.52. The first-order chi connectivity index (χ1) is 8.43.